The number of nitrogens with one attached hydrogen (secondary N) is 1. The van der Waals surface area contributed by atoms with Crippen molar-refractivity contribution >= 4 is 21.8 Å². The number of carbonyl (C=O) groups excluding carboxylic acids is 1. The van der Waals surface area contributed by atoms with Crippen molar-refractivity contribution < 1.29 is 26.7 Å². The molecule has 1 aliphatic carbocycles. The summed E-state index contributed by atoms with van der Waals surface area (Å²) in [6.45, 7) is 1.04. The number of rotatable bonds is 5. The fourth-order valence-corrected chi connectivity index (χ4v) is 3.45. The molecule has 1 aromatic rings. The van der Waals surface area contributed by atoms with Gasteiger partial charge in [-0.15, -0.1) is 0 Å². The lowest BCUT2D eigenvalue weighted by molar-refractivity contribution is -0.141. The summed E-state index contributed by atoms with van der Waals surface area (Å²) in [6, 6.07) is 0. The third kappa shape index (κ3) is 5.53. The molecular weight excluding hydrogens is 463 g/mol. The standard InChI is InChI=1S/C18H18BrF5N4O/c19-13-7-12(20)5-11(6-14(13)21)8-25-2-1-17(29)28-4-3-27-9-15(18(22,23)24)26-16(27)10-28/h6-7,9,25H,1-5,8,10H2. The summed E-state index contributed by atoms with van der Waals surface area (Å²) in [6.07, 6.45) is -1.16. The first-order valence-corrected chi connectivity index (χ1v) is 9.65. The minimum Gasteiger partial charge on any atom is -0.333 e. The van der Waals surface area contributed by atoms with Crippen LogP contribution in [0.5, 0.6) is 0 Å². The Balaban J connectivity index is 1.48. The first kappa shape index (κ1) is 21.7. The van der Waals surface area contributed by atoms with Crippen LogP contribution in [0.3, 0.4) is 0 Å². The van der Waals surface area contributed by atoms with Crippen molar-refractivity contribution in [1.29, 1.82) is 0 Å². The van der Waals surface area contributed by atoms with Gasteiger partial charge in [0.2, 0.25) is 5.91 Å². The molecule has 2 aliphatic rings. The van der Waals surface area contributed by atoms with Gasteiger partial charge in [0, 0.05) is 45.2 Å². The van der Waals surface area contributed by atoms with E-state index in [1.54, 1.807) is 0 Å². The van der Waals surface area contributed by atoms with Crippen molar-refractivity contribution in [1.82, 2.24) is 19.8 Å². The predicted octanol–water partition coefficient (Wildman–Crippen LogP) is 3.98. The van der Waals surface area contributed by atoms with Gasteiger partial charge in [0.25, 0.3) is 0 Å². The van der Waals surface area contributed by atoms with Crippen LogP contribution in [0.4, 0.5) is 22.0 Å². The van der Waals surface area contributed by atoms with Crippen molar-refractivity contribution in [3.8, 4) is 0 Å². The zero-order valence-corrected chi connectivity index (χ0v) is 16.8. The van der Waals surface area contributed by atoms with E-state index in [0.29, 0.717) is 12.1 Å². The van der Waals surface area contributed by atoms with Gasteiger partial charge in [0.1, 0.15) is 17.5 Å². The van der Waals surface area contributed by atoms with E-state index in [0.717, 1.165) is 12.3 Å². The van der Waals surface area contributed by atoms with Crippen molar-refractivity contribution in [2.24, 2.45) is 0 Å². The molecule has 3 rings (SSSR count). The van der Waals surface area contributed by atoms with Crippen LogP contribution >= 0.6 is 15.9 Å². The van der Waals surface area contributed by atoms with E-state index in [4.69, 9.17) is 0 Å². The molecule has 0 atom stereocenters. The second-order valence-electron chi connectivity index (χ2n) is 6.74. The van der Waals surface area contributed by atoms with E-state index in [1.165, 1.54) is 15.5 Å². The SMILES string of the molecule is O=C(CCNCC1=CC(F)=C(Br)C=C(F)C1)N1CCn2cc(C(F)(F)F)nc2C1. The molecule has 1 amide bonds. The second kappa shape index (κ2) is 8.78. The quantitative estimate of drug-likeness (QED) is 0.512. The summed E-state index contributed by atoms with van der Waals surface area (Å²) in [5.74, 6) is -1.08. The summed E-state index contributed by atoms with van der Waals surface area (Å²) in [5, 5.41) is 2.97. The number of amides is 1. The number of halogens is 6. The van der Waals surface area contributed by atoms with E-state index in [2.05, 4.69) is 26.2 Å². The Labute approximate surface area is 172 Å². The molecule has 11 heteroatoms. The molecule has 0 saturated carbocycles. The molecule has 1 N–H and O–H groups in total. The zero-order chi connectivity index (χ0) is 21.2. The number of aromatic nitrogens is 2. The maximum Gasteiger partial charge on any atom is 0.434 e. The smallest absolute Gasteiger partial charge is 0.333 e. The number of hydrogen-bond acceptors (Lipinski definition) is 3. The van der Waals surface area contributed by atoms with E-state index < -0.39 is 23.5 Å². The highest BCUT2D eigenvalue weighted by molar-refractivity contribution is 9.11. The average molecular weight is 481 g/mol. The lowest BCUT2D eigenvalue weighted by Crippen LogP contribution is -2.39. The van der Waals surface area contributed by atoms with Gasteiger partial charge in [-0.2, -0.15) is 13.2 Å². The lowest BCUT2D eigenvalue weighted by Gasteiger charge is -2.27. The highest BCUT2D eigenvalue weighted by Crippen LogP contribution is 2.29. The Morgan fingerprint density at radius 1 is 1.24 bits per heavy atom. The van der Waals surface area contributed by atoms with Gasteiger partial charge in [-0.25, -0.2) is 13.8 Å². The predicted molar refractivity (Wildman–Crippen MR) is 99.1 cm³/mol. The minimum atomic E-state index is -4.52. The number of hydrogen-bond donors (Lipinski definition) is 1. The molecule has 29 heavy (non-hydrogen) atoms. The van der Waals surface area contributed by atoms with Crippen LogP contribution < -0.4 is 5.32 Å². The molecule has 5 nitrogen and oxygen atoms in total. The third-order valence-corrected chi connectivity index (χ3v) is 5.16. The van der Waals surface area contributed by atoms with E-state index in [1.807, 2.05) is 0 Å². The van der Waals surface area contributed by atoms with Crippen molar-refractivity contribution in [2.45, 2.75) is 32.1 Å². The largest absolute Gasteiger partial charge is 0.434 e. The molecule has 0 saturated heterocycles. The Hall–Kier alpha value is -2.01. The van der Waals surface area contributed by atoms with E-state index in [9.17, 15) is 26.7 Å². The van der Waals surface area contributed by atoms with Crippen molar-refractivity contribution in [3.63, 3.8) is 0 Å². The van der Waals surface area contributed by atoms with Crippen LogP contribution in [0.25, 0.3) is 0 Å². The lowest BCUT2D eigenvalue weighted by atomic mass is 10.1. The second-order valence-corrected chi connectivity index (χ2v) is 7.60. The molecule has 0 spiro atoms. The summed E-state index contributed by atoms with van der Waals surface area (Å²) in [5.41, 5.74) is -0.466. The normalized spacial score (nSPS) is 17.7. The highest BCUT2D eigenvalue weighted by Gasteiger charge is 2.36. The molecule has 0 fully saturated rings. The molecule has 2 heterocycles. The summed E-state index contributed by atoms with van der Waals surface area (Å²) in [7, 11) is 0. The fraction of sp³-hybridized carbons (Fsp3) is 0.444. The van der Waals surface area contributed by atoms with Crippen molar-refractivity contribution in [3.05, 3.63) is 51.6 Å². The van der Waals surface area contributed by atoms with Gasteiger partial charge in [0.15, 0.2) is 5.69 Å². The molecule has 158 valence electrons. The van der Waals surface area contributed by atoms with Crippen LogP contribution in [0.1, 0.15) is 24.4 Å². The Kier molecular flexibility index (Phi) is 6.57. The van der Waals surface area contributed by atoms with Crippen molar-refractivity contribution in [2.75, 3.05) is 19.6 Å². The Morgan fingerprint density at radius 2 is 2.00 bits per heavy atom. The molecule has 0 bridgehead atoms. The van der Waals surface area contributed by atoms with E-state index in [-0.39, 0.29) is 55.2 Å². The van der Waals surface area contributed by atoms with Gasteiger partial charge in [-0.1, -0.05) is 0 Å². The number of carbonyl (C=O) groups is 1. The van der Waals surface area contributed by atoms with Crippen LogP contribution in [-0.2, 0) is 24.1 Å². The maximum absolute atomic E-state index is 13.7. The number of imidazole rings is 1. The third-order valence-electron chi connectivity index (χ3n) is 4.55. The average Bonchev–Trinajstić information content (AvgIpc) is 3.03. The van der Waals surface area contributed by atoms with Gasteiger partial charge < -0.3 is 14.8 Å². The first-order chi connectivity index (χ1) is 13.6. The Bertz CT molecular complexity index is 887. The fourth-order valence-electron chi connectivity index (χ4n) is 3.09. The van der Waals surface area contributed by atoms with Gasteiger partial charge in [-0.3, -0.25) is 4.79 Å². The molecular formula is C18H18BrF5N4O. The monoisotopic (exact) mass is 480 g/mol. The molecule has 0 radical (unpaired) electrons. The molecule has 0 aromatic carbocycles. The van der Waals surface area contributed by atoms with Crippen LogP contribution in [0, 0.1) is 0 Å². The van der Waals surface area contributed by atoms with Gasteiger partial charge in [-0.05, 0) is 33.7 Å². The summed E-state index contributed by atoms with van der Waals surface area (Å²) < 4.78 is 67.1. The number of alkyl halides is 3. The van der Waals surface area contributed by atoms with Crippen LogP contribution in [0.2, 0.25) is 0 Å². The van der Waals surface area contributed by atoms with Gasteiger partial charge in [0.05, 0.1) is 11.0 Å². The molecule has 1 aliphatic heterocycles. The van der Waals surface area contributed by atoms with Crippen LogP contribution in [0.15, 0.2) is 40.1 Å². The van der Waals surface area contributed by atoms with E-state index >= 15 is 0 Å². The minimum absolute atomic E-state index is 0.0140. The number of allylic oxidation sites excluding steroid dienone is 5. The molecule has 0 unspecified atom stereocenters. The topological polar surface area (TPSA) is 50.2 Å². The van der Waals surface area contributed by atoms with Crippen LogP contribution in [-0.4, -0.2) is 40.0 Å². The maximum atomic E-state index is 13.7. The number of nitrogens with zero attached hydrogens (tertiary/aromatic N) is 3. The number of fused-ring (bicyclic) bond motifs is 1. The first-order valence-electron chi connectivity index (χ1n) is 8.86. The summed E-state index contributed by atoms with van der Waals surface area (Å²) >= 11 is 2.94. The summed E-state index contributed by atoms with van der Waals surface area (Å²) in [4.78, 5) is 17.4. The Morgan fingerprint density at radius 3 is 2.72 bits per heavy atom. The highest BCUT2D eigenvalue weighted by atomic mass is 79.9. The molecule has 1 aromatic heterocycles. The van der Waals surface area contributed by atoms with Gasteiger partial charge >= 0.3 is 6.18 Å². The zero-order valence-electron chi connectivity index (χ0n) is 15.2.